The number of alkyl halides is 3. The van der Waals surface area contributed by atoms with Gasteiger partial charge in [0, 0.05) is 29.3 Å². The molecule has 0 saturated carbocycles. The van der Waals surface area contributed by atoms with Crippen molar-refractivity contribution in [1.82, 2.24) is 15.1 Å². The van der Waals surface area contributed by atoms with Gasteiger partial charge in [-0.3, -0.25) is 19.3 Å². The van der Waals surface area contributed by atoms with Gasteiger partial charge in [0.1, 0.15) is 23.5 Å². The Morgan fingerprint density at radius 3 is 2.40 bits per heavy atom. The number of rotatable bonds is 8. The van der Waals surface area contributed by atoms with Crippen molar-refractivity contribution in [1.29, 1.82) is 5.26 Å². The highest BCUT2D eigenvalue weighted by molar-refractivity contribution is 6.07. The van der Waals surface area contributed by atoms with Crippen LogP contribution in [0.2, 0.25) is 0 Å². The summed E-state index contributed by atoms with van der Waals surface area (Å²) in [6, 6.07) is 20.5. The van der Waals surface area contributed by atoms with Crippen molar-refractivity contribution in [2.45, 2.75) is 45.8 Å². The Balaban J connectivity index is 1.64. The summed E-state index contributed by atoms with van der Waals surface area (Å²) in [5, 5.41) is 19.8. The average molecular weight is 655 g/mol. The van der Waals surface area contributed by atoms with Gasteiger partial charge in [-0.25, -0.2) is 4.68 Å². The number of benzene rings is 3. The molecule has 12 heteroatoms. The summed E-state index contributed by atoms with van der Waals surface area (Å²) in [6.07, 6.45) is -3.12. The maximum atomic E-state index is 14.4. The lowest BCUT2D eigenvalue weighted by atomic mass is 9.81. The summed E-state index contributed by atoms with van der Waals surface area (Å²) in [4.78, 5) is 42.4. The molecule has 1 aliphatic heterocycles. The fourth-order valence-corrected chi connectivity index (χ4v) is 5.86. The van der Waals surface area contributed by atoms with Crippen molar-refractivity contribution < 1.29 is 27.6 Å². The quantitative estimate of drug-likeness (QED) is 0.165. The molecular weight excluding hydrogens is 621 g/mol. The molecule has 0 fully saturated rings. The molecule has 5 rings (SSSR count). The van der Waals surface area contributed by atoms with Crippen molar-refractivity contribution in [2.24, 2.45) is 5.92 Å². The zero-order valence-corrected chi connectivity index (χ0v) is 26.7. The molecule has 0 unspecified atom stereocenters. The van der Waals surface area contributed by atoms with E-state index in [2.05, 4.69) is 10.6 Å². The average Bonchev–Trinajstić information content (AvgIpc) is 3.40. The second-order valence-corrected chi connectivity index (χ2v) is 11.7. The molecule has 9 nitrogen and oxygen atoms in total. The first-order valence-corrected chi connectivity index (χ1v) is 15.3. The summed E-state index contributed by atoms with van der Waals surface area (Å²) < 4.78 is 42.1. The Labute approximate surface area is 275 Å². The molecule has 0 radical (unpaired) electrons. The molecule has 0 bridgehead atoms. The van der Waals surface area contributed by atoms with Gasteiger partial charge in [0.15, 0.2) is 0 Å². The smallest absolute Gasteiger partial charge is 0.339 e. The van der Waals surface area contributed by atoms with Gasteiger partial charge in [-0.1, -0.05) is 56.3 Å². The first-order valence-electron chi connectivity index (χ1n) is 15.3. The maximum absolute atomic E-state index is 14.4. The number of allylic oxidation sites excluding steroid dienone is 1. The zero-order chi connectivity index (χ0) is 34.7. The molecule has 1 aromatic heterocycles. The molecule has 2 N–H and O–H groups in total. The van der Waals surface area contributed by atoms with E-state index in [1.807, 2.05) is 50.2 Å². The van der Waals surface area contributed by atoms with Crippen LogP contribution >= 0.6 is 0 Å². The first kappa shape index (κ1) is 33.7. The minimum absolute atomic E-state index is 0.0461. The number of likely N-dealkylation sites (N-methyl/N-ethyl adjacent to an activating group) is 1. The Hall–Kier alpha value is -5.70. The fourth-order valence-electron chi connectivity index (χ4n) is 5.86. The van der Waals surface area contributed by atoms with E-state index in [1.54, 1.807) is 48.9 Å². The monoisotopic (exact) mass is 654 g/mol. The molecule has 0 aliphatic carbocycles. The predicted molar refractivity (Wildman–Crippen MR) is 174 cm³/mol. The highest BCUT2D eigenvalue weighted by Gasteiger charge is 2.45. The number of para-hydroxylation sites is 1. The van der Waals surface area contributed by atoms with Crippen LogP contribution in [0.4, 0.5) is 24.7 Å². The van der Waals surface area contributed by atoms with Crippen molar-refractivity contribution in [3.05, 3.63) is 118 Å². The minimum atomic E-state index is -4.67. The highest BCUT2D eigenvalue weighted by atomic mass is 19.4. The van der Waals surface area contributed by atoms with Gasteiger partial charge in [0.25, 0.3) is 17.7 Å². The van der Waals surface area contributed by atoms with E-state index in [-0.39, 0.29) is 23.6 Å². The number of aromatic nitrogens is 2. The van der Waals surface area contributed by atoms with E-state index in [0.29, 0.717) is 34.0 Å². The molecule has 3 amide bonds. The molecule has 246 valence electrons. The molecule has 3 aromatic carbocycles. The molecule has 48 heavy (non-hydrogen) atoms. The molecule has 0 saturated heterocycles. The number of nitrogens with one attached hydrogen (secondary N) is 2. The zero-order valence-electron chi connectivity index (χ0n) is 26.7. The van der Waals surface area contributed by atoms with Gasteiger partial charge in [-0.2, -0.15) is 23.5 Å². The third kappa shape index (κ3) is 6.71. The summed E-state index contributed by atoms with van der Waals surface area (Å²) in [5.41, 5.74) is 1.42. The Kier molecular flexibility index (Phi) is 9.52. The van der Waals surface area contributed by atoms with E-state index in [1.165, 1.54) is 11.0 Å². The van der Waals surface area contributed by atoms with Crippen molar-refractivity contribution in [2.75, 3.05) is 16.8 Å². The van der Waals surface area contributed by atoms with Gasteiger partial charge in [0.2, 0.25) is 0 Å². The standard InChI is InChI=1S/C36H33F3N6O3/c1-5-44-34-29(22(4)43-45(34)28-15-7-6-8-16-28)30(23-11-10-14-27(19-23)41-33(47)25(20-40)17-21(2)3)31(35(44)48)42-32(46)24-12-9-13-26(18-24)36(37,38)39/h6-19,21,30-31H,5H2,1-4H3,(H,41,47)(H,42,46)/b25-17+/t30-,31+/m0/s1. The third-order valence-corrected chi connectivity index (χ3v) is 7.94. The lowest BCUT2D eigenvalue weighted by Gasteiger charge is -2.38. The second-order valence-electron chi connectivity index (χ2n) is 11.7. The largest absolute Gasteiger partial charge is 0.416 e. The first-order chi connectivity index (χ1) is 22.8. The lowest BCUT2D eigenvalue weighted by Crippen LogP contribution is -2.55. The van der Waals surface area contributed by atoms with Gasteiger partial charge >= 0.3 is 6.18 Å². The van der Waals surface area contributed by atoms with Gasteiger partial charge in [-0.05, 0) is 67.8 Å². The number of amides is 3. The van der Waals surface area contributed by atoms with Gasteiger partial charge < -0.3 is 10.6 Å². The number of nitrogens with zero attached hydrogens (tertiary/aromatic N) is 4. The maximum Gasteiger partial charge on any atom is 0.416 e. The SMILES string of the molecule is CCN1C(=O)[C@H](NC(=O)c2cccc(C(F)(F)F)c2)[C@@H](c2cccc(NC(=O)/C(C#N)=C/C(C)C)c2)c2c(C)nn(-c3ccccc3)c21. The predicted octanol–water partition coefficient (Wildman–Crippen LogP) is 6.54. The van der Waals surface area contributed by atoms with E-state index in [4.69, 9.17) is 5.10 Å². The number of halogens is 3. The van der Waals surface area contributed by atoms with E-state index >= 15 is 0 Å². The number of carbonyl (C=O) groups excluding carboxylic acids is 3. The fraction of sp³-hybridized carbons (Fsp3) is 0.250. The molecule has 4 aromatic rings. The lowest BCUT2D eigenvalue weighted by molar-refractivity contribution is -0.137. The number of nitriles is 1. The van der Waals surface area contributed by atoms with Crippen LogP contribution < -0.4 is 15.5 Å². The molecule has 2 atom stereocenters. The van der Waals surface area contributed by atoms with E-state index < -0.39 is 41.4 Å². The molecular formula is C36H33F3N6O3. The molecule has 0 spiro atoms. The van der Waals surface area contributed by atoms with E-state index in [0.717, 1.165) is 18.2 Å². The summed E-state index contributed by atoms with van der Waals surface area (Å²) in [5.74, 6) is -2.38. The normalized spacial score (nSPS) is 16.4. The number of aryl methyl sites for hydroxylation is 1. The van der Waals surface area contributed by atoms with Crippen molar-refractivity contribution in [3.63, 3.8) is 0 Å². The number of carbonyl (C=O) groups is 3. The van der Waals surface area contributed by atoms with Crippen LogP contribution in [0.5, 0.6) is 0 Å². The topological polar surface area (TPSA) is 120 Å². The van der Waals surface area contributed by atoms with Crippen molar-refractivity contribution in [3.8, 4) is 11.8 Å². The number of anilines is 2. The van der Waals surface area contributed by atoms with Crippen LogP contribution in [0.1, 0.15) is 59.4 Å². The highest BCUT2D eigenvalue weighted by Crippen LogP contribution is 2.44. The van der Waals surface area contributed by atoms with Crippen LogP contribution in [-0.2, 0) is 15.8 Å². The summed E-state index contributed by atoms with van der Waals surface area (Å²) >= 11 is 0. The minimum Gasteiger partial charge on any atom is -0.339 e. The Bertz CT molecular complexity index is 1940. The van der Waals surface area contributed by atoms with E-state index in [9.17, 15) is 32.8 Å². The summed E-state index contributed by atoms with van der Waals surface area (Å²) in [6.45, 7) is 7.45. The Morgan fingerprint density at radius 1 is 1.04 bits per heavy atom. The number of fused-ring (bicyclic) bond motifs is 1. The van der Waals surface area contributed by atoms with Crippen LogP contribution in [0.15, 0.2) is 90.5 Å². The van der Waals surface area contributed by atoms with Gasteiger partial charge in [-0.15, -0.1) is 0 Å². The summed E-state index contributed by atoms with van der Waals surface area (Å²) in [7, 11) is 0. The van der Waals surface area contributed by atoms with Crippen LogP contribution in [0.25, 0.3) is 5.69 Å². The Morgan fingerprint density at radius 2 is 1.75 bits per heavy atom. The van der Waals surface area contributed by atoms with Crippen molar-refractivity contribution >= 4 is 29.2 Å². The number of hydrogen-bond donors (Lipinski definition) is 2. The van der Waals surface area contributed by atoms with Gasteiger partial charge in [0.05, 0.1) is 16.9 Å². The third-order valence-electron chi connectivity index (χ3n) is 7.94. The second kappa shape index (κ2) is 13.6. The molecule has 2 heterocycles. The van der Waals surface area contributed by atoms with Crippen LogP contribution in [-0.4, -0.2) is 40.1 Å². The van der Waals surface area contributed by atoms with Crippen LogP contribution in [0.3, 0.4) is 0 Å². The van der Waals surface area contributed by atoms with Crippen LogP contribution in [0, 0.1) is 24.2 Å². The number of hydrogen-bond acceptors (Lipinski definition) is 5. The molecule has 1 aliphatic rings.